The van der Waals surface area contributed by atoms with Crippen molar-refractivity contribution >= 4 is 32.3 Å². The van der Waals surface area contributed by atoms with Crippen LogP contribution in [0.1, 0.15) is 27.8 Å². The summed E-state index contributed by atoms with van der Waals surface area (Å²) in [5, 5.41) is 8.55. The van der Waals surface area contributed by atoms with Crippen molar-refractivity contribution in [3.05, 3.63) is 58.1 Å². The van der Waals surface area contributed by atoms with Crippen molar-refractivity contribution in [2.45, 2.75) is 34.6 Å². The van der Waals surface area contributed by atoms with E-state index in [1.54, 1.807) is 0 Å². The molecule has 0 atom stereocenters. The summed E-state index contributed by atoms with van der Waals surface area (Å²) in [6, 6.07) is 11.5. The lowest BCUT2D eigenvalue weighted by Crippen LogP contribution is -1.95. The van der Waals surface area contributed by atoms with Gasteiger partial charge in [-0.15, -0.1) is 0 Å². The smallest absolute Gasteiger partial charge is 0.00210 e. The molecule has 0 heteroatoms. The van der Waals surface area contributed by atoms with E-state index in [-0.39, 0.29) is 0 Å². The molecule has 0 heterocycles. The average molecular weight is 272 g/mol. The number of hydrogen-bond donors (Lipinski definition) is 0. The van der Waals surface area contributed by atoms with Gasteiger partial charge >= 0.3 is 0 Å². The molecule has 21 heavy (non-hydrogen) atoms. The van der Waals surface area contributed by atoms with Crippen molar-refractivity contribution in [3.63, 3.8) is 0 Å². The monoisotopic (exact) mass is 272 g/mol. The zero-order chi connectivity index (χ0) is 14.9. The minimum Gasteiger partial charge on any atom is -0.0581 e. The molecular formula is C21H20. The first-order valence-corrected chi connectivity index (χ1v) is 7.65. The van der Waals surface area contributed by atoms with Crippen LogP contribution in [0.3, 0.4) is 0 Å². The van der Waals surface area contributed by atoms with Crippen LogP contribution in [-0.4, -0.2) is 0 Å². The highest BCUT2D eigenvalue weighted by molar-refractivity contribution is 6.25. The van der Waals surface area contributed by atoms with E-state index < -0.39 is 0 Å². The highest BCUT2D eigenvalue weighted by Gasteiger charge is 2.16. The van der Waals surface area contributed by atoms with Crippen molar-refractivity contribution in [1.29, 1.82) is 0 Å². The van der Waals surface area contributed by atoms with Crippen LogP contribution in [0.4, 0.5) is 0 Å². The molecule has 0 N–H and O–H groups in total. The molecule has 0 aliphatic heterocycles. The lowest BCUT2D eigenvalue weighted by atomic mass is 9.85. The van der Waals surface area contributed by atoms with Crippen LogP contribution in [0.15, 0.2) is 30.3 Å². The Morgan fingerprint density at radius 1 is 0.476 bits per heavy atom. The highest BCUT2D eigenvalue weighted by atomic mass is 14.2. The van der Waals surface area contributed by atoms with Crippen LogP contribution in [-0.2, 0) is 0 Å². The molecule has 0 bridgehead atoms. The maximum absolute atomic E-state index is 2.38. The maximum atomic E-state index is 2.38. The SMILES string of the molecule is Cc1c(C)c2ccc3c(C)ccc4c(C)cc(c1C)c2c34. The topological polar surface area (TPSA) is 0 Å². The van der Waals surface area contributed by atoms with Crippen LogP contribution in [0.25, 0.3) is 32.3 Å². The predicted molar refractivity (Wildman–Crippen MR) is 93.8 cm³/mol. The van der Waals surface area contributed by atoms with E-state index >= 15 is 0 Å². The van der Waals surface area contributed by atoms with Crippen molar-refractivity contribution in [1.82, 2.24) is 0 Å². The number of aryl methyl sites for hydroxylation is 4. The summed E-state index contributed by atoms with van der Waals surface area (Å²) in [5.41, 5.74) is 7.03. The molecule has 0 saturated carbocycles. The molecule has 104 valence electrons. The van der Waals surface area contributed by atoms with Gasteiger partial charge in [0.05, 0.1) is 0 Å². The summed E-state index contributed by atoms with van der Waals surface area (Å²) in [4.78, 5) is 0. The fraction of sp³-hybridized carbons (Fsp3) is 0.238. The molecule has 0 aliphatic rings. The first-order valence-electron chi connectivity index (χ1n) is 7.65. The maximum Gasteiger partial charge on any atom is -0.00210 e. The van der Waals surface area contributed by atoms with E-state index in [9.17, 15) is 0 Å². The van der Waals surface area contributed by atoms with Crippen LogP contribution in [0.5, 0.6) is 0 Å². The Morgan fingerprint density at radius 3 is 1.76 bits per heavy atom. The van der Waals surface area contributed by atoms with E-state index in [1.165, 1.54) is 60.1 Å². The second-order valence-electron chi connectivity index (χ2n) is 6.46. The van der Waals surface area contributed by atoms with Gasteiger partial charge in [-0.05, 0) is 94.8 Å². The molecule has 0 saturated heterocycles. The van der Waals surface area contributed by atoms with Gasteiger partial charge in [-0.3, -0.25) is 0 Å². The fourth-order valence-corrected chi connectivity index (χ4v) is 3.86. The first-order chi connectivity index (χ1) is 10.0. The van der Waals surface area contributed by atoms with Gasteiger partial charge in [0.2, 0.25) is 0 Å². The third-order valence-corrected chi connectivity index (χ3v) is 5.39. The normalized spacial score (nSPS) is 12.0. The third-order valence-electron chi connectivity index (χ3n) is 5.39. The number of benzene rings is 4. The number of rotatable bonds is 0. The summed E-state index contributed by atoms with van der Waals surface area (Å²) in [5.74, 6) is 0. The summed E-state index contributed by atoms with van der Waals surface area (Å²) in [6.45, 7) is 11.2. The van der Waals surface area contributed by atoms with Gasteiger partial charge in [0, 0.05) is 0 Å². The molecule has 4 aromatic rings. The van der Waals surface area contributed by atoms with Gasteiger partial charge in [-0.25, -0.2) is 0 Å². The second-order valence-corrected chi connectivity index (χ2v) is 6.46. The van der Waals surface area contributed by atoms with Crippen LogP contribution < -0.4 is 0 Å². The minimum absolute atomic E-state index is 1.37. The molecule has 0 fully saturated rings. The Kier molecular flexibility index (Phi) is 2.39. The standard InChI is InChI=1S/C21H20/c1-11-6-7-17-12(2)10-19-15(5)13(3)14(4)18-9-8-16(11)20(17)21(18)19/h6-10H,1-5H3. The number of hydrogen-bond acceptors (Lipinski definition) is 0. The highest BCUT2D eigenvalue weighted by Crippen LogP contribution is 2.41. The molecule has 4 rings (SSSR count). The van der Waals surface area contributed by atoms with Crippen LogP contribution >= 0.6 is 0 Å². The van der Waals surface area contributed by atoms with E-state index in [1.807, 2.05) is 0 Å². The predicted octanol–water partition coefficient (Wildman–Crippen LogP) is 6.13. The summed E-state index contributed by atoms with van der Waals surface area (Å²) >= 11 is 0. The van der Waals surface area contributed by atoms with Crippen LogP contribution in [0.2, 0.25) is 0 Å². The minimum atomic E-state index is 1.37. The molecule has 0 amide bonds. The molecular weight excluding hydrogens is 252 g/mol. The molecule has 0 spiro atoms. The van der Waals surface area contributed by atoms with E-state index in [2.05, 4.69) is 65.0 Å². The van der Waals surface area contributed by atoms with Crippen LogP contribution in [0, 0.1) is 34.6 Å². The van der Waals surface area contributed by atoms with Gasteiger partial charge in [0.25, 0.3) is 0 Å². The average Bonchev–Trinajstić information content (AvgIpc) is 2.48. The Balaban J connectivity index is 2.49. The van der Waals surface area contributed by atoms with Gasteiger partial charge in [-0.2, -0.15) is 0 Å². The van der Waals surface area contributed by atoms with E-state index in [4.69, 9.17) is 0 Å². The Bertz CT molecular complexity index is 1010. The van der Waals surface area contributed by atoms with Gasteiger partial charge in [0.15, 0.2) is 0 Å². The Hall–Kier alpha value is -2.08. The van der Waals surface area contributed by atoms with E-state index in [0.29, 0.717) is 0 Å². The fourth-order valence-electron chi connectivity index (χ4n) is 3.86. The molecule has 4 aromatic carbocycles. The van der Waals surface area contributed by atoms with Crippen molar-refractivity contribution in [2.24, 2.45) is 0 Å². The lowest BCUT2D eigenvalue weighted by molar-refractivity contribution is 1.31. The van der Waals surface area contributed by atoms with Crippen molar-refractivity contribution in [2.75, 3.05) is 0 Å². The second kappa shape index (κ2) is 3.98. The third kappa shape index (κ3) is 1.45. The molecule has 0 unspecified atom stereocenters. The molecule has 0 radical (unpaired) electrons. The molecule has 0 aliphatic carbocycles. The van der Waals surface area contributed by atoms with E-state index in [0.717, 1.165) is 0 Å². The first kappa shape index (κ1) is 12.6. The lowest BCUT2D eigenvalue weighted by Gasteiger charge is -2.19. The largest absolute Gasteiger partial charge is 0.0581 e. The quantitative estimate of drug-likeness (QED) is 0.338. The van der Waals surface area contributed by atoms with Gasteiger partial charge < -0.3 is 0 Å². The zero-order valence-electron chi connectivity index (χ0n) is 13.4. The van der Waals surface area contributed by atoms with Gasteiger partial charge in [0.1, 0.15) is 0 Å². The summed E-state index contributed by atoms with van der Waals surface area (Å²) in [7, 11) is 0. The van der Waals surface area contributed by atoms with Crippen molar-refractivity contribution in [3.8, 4) is 0 Å². The molecule has 0 nitrogen and oxygen atoms in total. The molecule has 0 aromatic heterocycles. The summed E-state index contributed by atoms with van der Waals surface area (Å²) < 4.78 is 0. The van der Waals surface area contributed by atoms with Gasteiger partial charge in [-0.1, -0.05) is 30.3 Å². The zero-order valence-corrected chi connectivity index (χ0v) is 13.4. The Morgan fingerprint density at radius 2 is 1.00 bits per heavy atom. The summed E-state index contributed by atoms with van der Waals surface area (Å²) in [6.07, 6.45) is 0. The Labute approximate surface area is 125 Å². The van der Waals surface area contributed by atoms with Crippen molar-refractivity contribution < 1.29 is 0 Å².